The highest BCUT2D eigenvalue weighted by molar-refractivity contribution is 5.86. The van der Waals surface area contributed by atoms with Crippen molar-refractivity contribution in [3.8, 4) is 45.8 Å². The number of fused-ring (bicyclic) bond motifs is 6. The Bertz CT molecular complexity index is 1790. The second-order valence-electron chi connectivity index (χ2n) is 9.76. The highest BCUT2D eigenvalue weighted by atomic mass is 16.5. The summed E-state index contributed by atoms with van der Waals surface area (Å²) in [5.41, 5.74) is 3.24. The molecule has 0 saturated heterocycles. The molecule has 5 aromatic rings. The summed E-state index contributed by atoms with van der Waals surface area (Å²) in [7, 11) is 6.32. The summed E-state index contributed by atoms with van der Waals surface area (Å²) in [4.78, 5) is 12.6. The molecule has 8 nitrogen and oxygen atoms in total. The molecule has 8 heteroatoms. The van der Waals surface area contributed by atoms with Gasteiger partial charge in [-0.25, -0.2) is 0 Å². The monoisotopic (exact) mass is 566 g/mol. The van der Waals surface area contributed by atoms with E-state index < -0.39 is 0 Å². The van der Waals surface area contributed by atoms with Gasteiger partial charge in [-0.05, 0) is 30.3 Å². The van der Waals surface area contributed by atoms with Gasteiger partial charge in [-0.1, -0.05) is 42.5 Å². The van der Waals surface area contributed by atoms with Crippen molar-refractivity contribution in [3.05, 3.63) is 106 Å². The van der Waals surface area contributed by atoms with E-state index in [1.807, 2.05) is 60.7 Å². The molecule has 3 heterocycles. The highest BCUT2D eigenvalue weighted by Gasteiger charge is 2.40. The molecule has 0 amide bonds. The fourth-order valence-corrected chi connectivity index (χ4v) is 5.37. The minimum Gasteiger partial charge on any atom is -0.497 e. The topological polar surface area (TPSA) is 85.6 Å². The fourth-order valence-electron chi connectivity index (χ4n) is 5.37. The first kappa shape index (κ1) is 27.1. The molecule has 0 fully saturated rings. The van der Waals surface area contributed by atoms with E-state index in [-0.39, 0.29) is 23.2 Å². The van der Waals surface area contributed by atoms with E-state index in [1.165, 1.54) is 12.7 Å². The molecule has 2 unspecified atom stereocenters. The van der Waals surface area contributed by atoms with Crippen LogP contribution in [0.5, 0.6) is 34.5 Å². The number of ether oxygens (including phenoxy) is 6. The molecule has 214 valence electrons. The van der Waals surface area contributed by atoms with Gasteiger partial charge in [0.1, 0.15) is 29.1 Å². The lowest BCUT2D eigenvalue weighted by Crippen LogP contribution is -2.23. The zero-order chi connectivity index (χ0) is 29.2. The molecule has 0 saturated carbocycles. The molecular weight excluding hydrogens is 536 g/mol. The number of methoxy groups -OCH3 is 4. The van der Waals surface area contributed by atoms with E-state index in [0.717, 1.165) is 34.1 Å². The summed E-state index contributed by atoms with van der Waals surface area (Å²) in [6.45, 7) is 0.615. The lowest BCUT2D eigenvalue weighted by atomic mass is 9.89. The molecule has 1 aromatic heterocycles. The van der Waals surface area contributed by atoms with Crippen molar-refractivity contribution in [1.29, 1.82) is 0 Å². The quantitative estimate of drug-likeness (QED) is 0.230. The number of hydrogen-bond acceptors (Lipinski definition) is 8. The van der Waals surface area contributed by atoms with E-state index in [0.29, 0.717) is 29.1 Å². The minimum absolute atomic E-state index is 0.00163. The number of benzene rings is 4. The smallest absolute Gasteiger partial charge is 0.235 e. The Morgan fingerprint density at radius 2 is 1.43 bits per heavy atom. The normalized spacial score (nSPS) is 16.0. The van der Waals surface area contributed by atoms with Crippen LogP contribution >= 0.6 is 0 Å². The van der Waals surface area contributed by atoms with Gasteiger partial charge in [0, 0.05) is 28.8 Å². The first-order chi connectivity index (χ1) is 20.6. The van der Waals surface area contributed by atoms with E-state index in [2.05, 4.69) is 6.07 Å². The van der Waals surface area contributed by atoms with Gasteiger partial charge in [-0.15, -0.1) is 0 Å². The minimum atomic E-state index is -0.212. The predicted octanol–water partition coefficient (Wildman–Crippen LogP) is 6.79. The first-order valence-corrected chi connectivity index (χ1v) is 13.4. The van der Waals surface area contributed by atoms with Crippen molar-refractivity contribution >= 4 is 11.0 Å². The Morgan fingerprint density at radius 1 is 0.714 bits per heavy atom. The van der Waals surface area contributed by atoms with Crippen LogP contribution in [-0.4, -0.2) is 35.0 Å². The maximum Gasteiger partial charge on any atom is 0.235 e. The third-order valence-electron chi connectivity index (χ3n) is 7.49. The van der Waals surface area contributed by atoms with E-state index in [4.69, 9.17) is 32.8 Å². The molecule has 4 aromatic carbocycles. The van der Waals surface area contributed by atoms with Crippen molar-refractivity contribution in [2.75, 3.05) is 35.0 Å². The maximum atomic E-state index is 12.6. The van der Waals surface area contributed by atoms with Crippen LogP contribution in [0.25, 0.3) is 22.3 Å². The largest absolute Gasteiger partial charge is 0.497 e. The predicted molar refractivity (Wildman–Crippen MR) is 159 cm³/mol. The third kappa shape index (κ3) is 4.75. The average molecular weight is 567 g/mol. The van der Waals surface area contributed by atoms with Crippen LogP contribution in [0, 0.1) is 0 Å². The van der Waals surface area contributed by atoms with Crippen LogP contribution in [0.15, 0.2) is 94.1 Å². The van der Waals surface area contributed by atoms with Crippen molar-refractivity contribution in [3.63, 3.8) is 0 Å². The second kappa shape index (κ2) is 11.4. The summed E-state index contributed by atoms with van der Waals surface area (Å²) in [5, 5.41) is 0.436. The molecule has 0 bridgehead atoms. The first-order valence-electron chi connectivity index (χ1n) is 13.4. The molecule has 42 heavy (non-hydrogen) atoms. The van der Waals surface area contributed by atoms with Crippen molar-refractivity contribution in [2.45, 2.75) is 12.0 Å². The van der Waals surface area contributed by atoms with Crippen molar-refractivity contribution < 1.29 is 32.8 Å². The Balaban J connectivity index is 0.000000150. The Morgan fingerprint density at radius 3 is 2.12 bits per heavy atom. The molecule has 0 N–H and O–H groups in total. The SMILES string of the molecule is COc1c(-c2ccccc2)oc2c(OC)cccc2c1=O.COc1ccc2c(c1)OC1c3ccc(OC)cc3OCC21. The van der Waals surface area contributed by atoms with Gasteiger partial charge >= 0.3 is 0 Å². The number of rotatable bonds is 5. The zero-order valence-corrected chi connectivity index (χ0v) is 23.7. The maximum absolute atomic E-state index is 12.6. The van der Waals surface area contributed by atoms with Gasteiger partial charge in [0.2, 0.25) is 11.2 Å². The Kier molecular flexibility index (Phi) is 7.35. The summed E-state index contributed by atoms with van der Waals surface area (Å²) < 4.78 is 39.0. The van der Waals surface area contributed by atoms with Crippen molar-refractivity contribution in [1.82, 2.24) is 0 Å². The number of hydrogen-bond donors (Lipinski definition) is 0. The summed E-state index contributed by atoms with van der Waals surface area (Å²) >= 11 is 0. The lowest BCUT2D eigenvalue weighted by molar-refractivity contribution is 0.139. The second-order valence-corrected chi connectivity index (χ2v) is 9.76. The summed E-state index contributed by atoms with van der Waals surface area (Å²) in [5.74, 6) is 4.68. The van der Waals surface area contributed by atoms with Gasteiger partial charge in [-0.2, -0.15) is 0 Å². The van der Waals surface area contributed by atoms with Gasteiger partial charge in [0.25, 0.3) is 0 Å². The van der Waals surface area contributed by atoms with Gasteiger partial charge in [-0.3, -0.25) is 4.79 Å². The molecule has 0 spiro atoms. The Labute approximate surface area is 242 Å². The molecule has 0 radical (unpaired) electrons. The molecule has 2 atom stereocenters. The highest BCUT2D eigenvalue weighted by Crippen LogP contribution is 2.52. The fraction of sp³-hybridized carbons (Fsp3) is 0.206. The van der Waals surface area contributed by atoms with E-state index in [1.54, 1.807) is 39.5 Å². The van der Waals surface area contributed by atoms with Crippen LogP contribution in [0.4, 0.5) is 0 Å². The molecule has 7 rings (SSSR count). The van der Waals surface area contributed by atoms with Crippen LogP contribution in [-0.2, 0) is 0 Å². The zero-order valence-electron chi connectivity index (χ0n) is 23.7. The molecule has 2 aliphatic heterocycles. The molecule has 0 aliphatic carbocycles. The summed E-state index contributed by atoms with van der Waals surface area (Å²) in [6.07, 6.45) is 0.00163. The molecule has 2 aliphatic rings. The third-order valence-corrected chi connectivity index (χ3v) is 7.49. The summed E-state index contributed by atoms with van der Waals surface area (Å²) in [6, 6.07) is 26.4. The van der Waals surface area contributed by atoms with Crippen LogP contribution < -0.4 is 33.8 Å². The van der Waals surface area contributed by atoms with Crippen LogP contribution in [0.1, 0.15) is 23.1 Å². The van der Waals surface area contributed by atoms with Crippen molar-refractivity contribution in [2.24, 2.45) is 0 Å². The Hall–Kier alpha value is -5.11. The number of para-hydroxylation sites is 1. The lowest BCUT2D eigenvalue weighted by Gasteiger charge is -2.28. The average Bonchev–Trinajstić information content (AvgIpc) is 3.43. The van der Waals surface area contributed by atoms with Crippen LogP contribution in [0.2, 0.25) is 0 Å². The van der Waals surface area contributed by atoms with Gasteiger partial charge < -0.3 is 32.8 Å². The van der Waals surface area contributed by atoms with E-state index >= 15 is 0 Å². The van der Waals surface area contributed by atoms with E-state index in [9.17, 15) is 4.79 Å². The molecular formula is C34H30O8. The van der Waals surface area contributed by atoms with Gasteiger partial charge in [0.05, 0.1) is 46.4 Å². The standard InChI is InChI=1S/C17H16O4.C17H14O4/c1-18-10-4-6-13-15(7-10)20-9-14-12-5-3-11(19-2)8-16(12)21-17(13)14;1-19-13-10-6-9-12-14(18)17(20-2)15(21-16(12)13)11-7-4-3-5-8-11/h3-8,14,17H,9H2,1-2H3;3-10H,1-2H3. The van der Waals surface area contributed by atoms with Gasteiger partial charge in [0.15, 0.2) is 17.1 Å². The van der Waals surface area contributed by atoms with Crippen LogP contribution in [0.3, 0.4) is 0 Å².